The van der Waals surface area contributed by atoms with E-state index < -0.39 is 0 Å². The highest BCUT2D eigenvalue weighted by atomic mass is 16.5. The molecule has 0 saturated heterocycles. The second-order valence-electron chi connectivity index (χ2n) is 7.65. The Hall–Kier alpha value is -0.120. The number of hydrogen-bond acceptors (Lipinski definition) is 3. The van der Waals surface area contributed by atoms with Gasteiger partial charge in [-0.1, -0.05) is 34.6 Å². The second kappa shape index (κ2) is 7.46. The Kier molecular flexibility index (Phi) is 7.41. The maximum absolute atomic E-state index is 9.87. The van der Waals surface area contributed by atoms with Gasteiger partial charge in [-0.25, -0.2) is 0 Å². The van der Waals surface area contributed by atoms with Crippen LogP contribution in [0.2, 0.25) is 0 Å². The number of ether oxygens (including phenoxy) is 1. The first-order chi connectivity index (χ1) is 8.02. The molecular weight excluding hydrogens is 226 g/mol. The molecule has 0 aliphatic heterocycles. The van der Waals surface area contributed by atoms with Crippen molar-refractivity contribution in [1.82, 2.24) is 4.90 Å². The van der Waals surface area contributed by atoms with Crippen LogP contribution >= 0.6 is 0 Å². The molecule has 0 saturated carbocycles. The molecule has 110 valence electrons. The highest BCUT2D eigenvalue weighted by Gasteiger charge is 2.20. The topological polar surface area (TPSA) is 32.7 Å². The largest absolute Gasteiger partial charge is 0.391 e. The maximum Gasteiger partial charge on any atom is 0.0778 e. The molecule has 0 rings (SSSR count). The van der Waals surface area contributed by atoms with E-state index in [1.807, 2.05) is 0 Å². The minimum absolute atomic E-state index is 0.156. The van der Waals surface area contributed by atoms with Crippen LogP contribution in [0.25, 0.3) is 0 Å². The average Bonchev–Trinajstić information content (AvgIpc) is 2.11. The van der Waals surface area contributed by atoms with Gasteiger partial charge < -0.3 is 14.7 Å². The van der Waals surface area contributed by atoms with Gasteiger partial charge in [-0.05, 0) is 44.3 Å². The molecule has 0 heterocycles. The van der Waals surface area contributed by atoms with Crippen LogP contribution in [0.15, 0.2) is 0 Å². The second-order valence-corrected chi connectivity index (χ2v) is 7.65. The molecule has 0 spiro atoms. The van der Waals surface area contributed by atoms with Crippen LogP contribution in [0.4, 0.5) is 0 Å². The van der Waals surface area contributed by atoms with E-state index in [1.54, 1.807) is 0 Å². The zero-order valence-corrected chi connectivity index (χ0v) is 13.4. The molecule has 0 bridgehead atoms. The van der Waals surface area contributed by atoms with Gasteiger partial charge in [0.05, 0.1) is 19.3 Å². The predicted molar refractivity (Wildman–Crippen MR) is 77.8 cm³/mol. The van der Waals surface area contributed by atoms with E-state index in [1.165, 1.54) is 0 Å². The summed E-state index contributed by atoms with van der Waals surface area (Å²) in [5.41, 5.74) is 0.328. The first kappa shape index (κ1) is 17.9. The van der Waals surface area contributed by atoms with Gasteiger partial charge in [-0.3, -0.25) is 0 Å². The van der Waals surface area contributed by atoms with E-state index in [4.69, 9.17) is 4.74 Å². The molecule has 0 amide bonds. The Morgan fingerprint density at radius 3 is 2.11 bits per heavy atom. The lowest BCUT2D eigenvalue weighted by Gasteiger charge is -2.27. The van der Waals surface area contributed by atoms with E-state index in [9.17, 15) is 5.11 Å². The van der Waals surface area contributed by atoms with Gasteiger partial charge in [0.25, 0.3) is 0 Å². The van der Waals surface area contributed by atoms with Crippen LogP contribution in [-0.4, -0.2) is 50.0 Å². The highest BCUT2D eigenvalue weighted by molar-refractivity contribution is 4.71. The summed E-state index contributed by atoms with van der Waals surface area (Å²) in [5, 5.41) is 9.87. The summed E-state index contributed by atoms with van der Waals surface area (Å²) >= 11 is 0. The zero-order chi connectivity index (χ0) is 14.4. The summed E-state index contributed by atoms with van der Waals surface area (Å²) in [4.78, 5) is 2.19. The predicted octanol–water partition coefficient (Wildman–Crippen LogP) is 2.78. The smallest absolute Gasteiger partial charge is 0.0778 e. The molecule has 0 aromatic heterocycles. The fourth-order valence-corrected chi connectivity index (χ4v) is 1.84. The minimum Gasteiger partial charge on any atom is -0.391 e. The van der Waals surface area contributed by atoms with Gasteiger partial charge in [0.1, 0.15) is 0 Å². The SMILES string of the molecule is CN(C)CCC(C)(C)COCC(O)CC(C)(C)C. The number of hydrogen-bond donors (Lipinski definition) is 1. The van der Waals surface area contributed by atoms with Gasteiger partial charge in [-0.15, -0.1) is 0 Å². The molecule has 0 radical (unpaired) electrons. The highest BCUT2D eigenvalue weighted by Crippen LogP contribution is 2.23. The molecule has 3 heteroatoms. The van der Waals surface area contributed by atoms with Crippen LogP contribution in [0.3, 0.4) is 0 Å². The van der Waals surface area contributed by atoms with Crippen molar-refractivity contribution < 1.29 is 9.84 Å². The Morgan fingerprint density at radius 1 is 1.11 bits per heavy atom. The van der Waals surface area contributed by atoms with Gasteiger partial charge >= 0.3 is 0 Å². The monoisotopic (exact) mass is 259 g/mol. The van der Waals surface area contributed by atoms with Crippen LogP contribution in [0, 0.1) is 10.8 Å². The summed E-state index contributed by atoms with van der Waals surface area (Å²) in [6, 6.07) is 0. The number of aliphatic hydroxyl groups excluding tert-OH is 1. The normalized spacial score (nSPS) is 15.2. The lowest BCUT2D eigenvalue weighted by Crippen LogP contribution is -2.28. The first-order valence-electron chi connectivity index (χ1n) is 6.92. The van der Waals surface area contributed by atoms with Gasteiger partial charge in [0.15, 0.2) is 0 Å². The molecule has 18 heavy (non-hydrogen) atoms. The standard InChI is InChI=1S/C15H33NO2/c1-14(2,3)10-13(17)11-18-12-15(4,5)8-9-16(6)7/h13,17H,8-12H2,1-7H3. The number of nitrogens with zero attached hydrogens (tertiary/aromatic N) is 1. The third kappa shape index (κ3) is 11.0. The molecule has 1 unspecified atom stereocenters. The summed E-state index contributed by atoms with van der Waals surface area (Å²) in [7, 11) is 4.17. The van der Waals surface area contributed by atoms with Gasteiger partial charge in [0, 0.05) is 0 Å². The van der Waals surface area contributed by atoms with Crippen LogP contribution in [-0.2, 0) is 4.74 Å². The Morgan fingerprint density at radius 2 is 1.67 bits per heavy atom. The molecule has 1 N–H and O–H groups in total. The van der Waals surface area contributed by atoms with Crippen LogP contribution < -0.4 is 0 Å². The minimum atomic E-state index is -0.352. The molecule has 0 aliphatic carbocycles. The van der Waals surface area contributed by atoms with E-state index in [0.717, 1.165) is 19.4 Å². The van der Waals surface area contributed by atoms with E-state index >= 15 is 0 Å². The summed E-state index contributed by atoms with van der Waals surface area (Å²) < 4.78 is 5.67. The molecule has 3 nitrogen and oxygen atoms in total. The van der Waals surface area contributed by atoms with E-state index in [0.29, 0.717) is 13.2 Å². The van der Waals surface area contributed by atoms with Gasteiger partial charge in [0.2, 0.25) is 0 Å². The molecule has 0 fully saturated rings. The van der Waals surface area contributed by atoms with Crippen molar-refractivity contribution in [2.45, 2.75) is 53.6 Å². The van der Waals surface area contributed by atoms with Crippen molar-refractivity contribution in [2.75, 3.05) is 33.9 Å². The lowest BCUT2D eigenvalue weighted by atomic mass is 9.89. The quantitative estimate of drug-likeness (QED) is 0.727. The molecule has 0 aromatic rings. The van der Waals surface area contributed by atoms with Gasteiger partial charge in [-0.2, -0.15) is 0 Å². The maximum atomic E-state index is 9.87. The molecule has 0 aromatic carbocycles. The zero-order valence-electron chi connectivity index (χ0n) is 13.4. The first-order valence-corrected chi connectivity index (χ1v) is 6.92. The third-order valence-corrected chi connectivity index (χ3v) is 2.89. The van der Waals surface area contributed by atoms with Crippen molar-refractivity contribution in [3.8, 4) is 0 Å². The Bertz CT molecular complexity index is 219. The Labute approximate surface area is 114 Å². The van der Waals surface area contributed by atoms with Crippen LogP contribution in [0.5, 0.6) is 0 Å². The summed E-state index contributed by atoms with van der Waals surface area (Å²) in [6.45, 7) is 13.1. The van der Waals surface area contributed by atoms with Crippen molar-refractivity contribution in [1.29, 1.82) is 0 Å². The fraction of sp³-hybridized carbons (Fsp3) is 1.00. The number of aliphatic hydroxyl groups is 1. The molecule has 1 atom stereocenters. The Balaban J connectivity index is 3.81. The van der Waals surface area contributed by atoms with E-state index in [-0.39, 0.29) is 16.9 Å². The van der Waals surface area contributed by atoms with Crippen LogP contribution in [0.1, 0.15) is 47.5 Å². The van der Waals surface area contributed by atoms with Crippen molar-refractivity contribution in [2.24, 2.45) is 10.8 Å². The fourth-order valence-electron chi connectivity index (χ4n) is 1.84. The molecule has 0 aliphatic rings. The lowest BCUT2D eigenvalue weighted by molar-refractivity contribution is -0.0144. The van der Waals surface area contributed by atoms with Crippen molar-refractivity contribution >= 4 is 0 Å². The summed E-state index contributed by atoms with van der Waals surface area (Å²) in [5.74, 6) is 0. The average molecular weight is 259 g/mol. The van der Waals surface area contributed by atoms with Crippen molar-refractivity contribution in [3.63, 3.8) is 0 Å². The number of rotatable bonds is 8. The van der Waals surface area contributed by atoms with E-state index in [2.05, 4.69) is 53.6 Å². The molecular formula is C15H33NO2. The van der Waals surface area contributed by atoms with Crippen molar-refractivity contribution in [3.05, 3.63) is 0 Å². The summed E-state index contributed by atoms with van der Waals surface area (Å²) in [6.07, 6.45) is 1.54. The third-order valence-electron chi connectivity index (χ3n) is 2.89.